The number of nitrogens with zero attached hydrogens (tertiary/aromatic N) is 2. The average Bonchev–Trinajstić information content (AvgIpc) is 3.52. The van der Waals surface area contributed by atoms with E-state index in [4.69, 9.17) is 0 Å². The van der Waals surface area contributed by atoms with Crippen LogP contribution in [-0.2, 0) is 17.3 Å². The van der Waals surface area contributed by atoms with E-state index >= 15 is 0 Å². The first-order valence-corrected chi connectivity index (χ1v) is 18.6. The van der Waals surface area contributed by atoms with Crippen molar-refractivity contribution in [2.45, 2.75) is 57.3 Å². The summed E-state index contributed by atoms with van der Waals surface area (Å²) in [6.07, 6.45) is 15.0. The molecule has 0 N–H and O–H groups in total. The van der Waals surface area contributed by atoms with Crippen molar-refractivity contribution in [2.24, 2.45) is 5.92 Å². The molecule has 0 aliphatic carbocycles. The molecule has 0 saturated heterocycles. The van der Waals surface area contributed by atoms with E-state index in [2.05, 4.69) is 196 Å². The highest BCUT2D eigenvalue weighted by molar-refractivity contribution is 6.07. The molecule has 0 radical (unpaired) electrons. The Labute approximate surface area is 305 Å². The fourth-order valence-corrected chi connectivity index (χ4v) is 8.72. The molecule has 5 aromatic carbocycles. The Kier molecular flexibility index (Phi) is 9.53. The van der Waals surface area contributed by atoms with E-state index in [1.165, 1.54) is 61.4 Å². The van der Waals surface area contributed by atoms with Crippen molar-refractivity contribution in [1.29, 1.82) is 0 Å². The highest BCUT2D eigenvalue weighted by Gasteiger charge is 2.48. The number of fused-ring (bicyclic) bond motifs is 4. The van der Waals surface area contributed by atoms with Gasteiger partial charge in [-0.2, -0.15) is 4.58 Å². The van der Waals surface area contributed by atoms with Gasteiger partial charge < -0.3 is 4.90 Å². The van der Waals surface area contributed by atoms with E-state index in [-0.39, 0.29) is 10.8 Å². The van der Waals surface area contributed by atoms with Gasteiger partial charge in [-0.3, -0.25) is 0 Å². The van der Waals surface area contributed by atoms with Crippen LogP contribution in [-0.4, -0.2) is 23.9 Å². The van der Waals surface area contributed by atoms with E-state index in [9.17, 15) is 0 Å². The molecule has 2 nitrogen and oxygen atoms in total. The van der Waals surface area contributed by atoms with Crippen LogP contribution < -0.4 is 4.90 Å². The quantitative estimate of drug-likeness (QED) is 0.0948. The topological polar surface area (TPSA) is 6.25 Å². The SMILES string of the molecule is C=CCC1(C)C(/C=C/C=C2/N(C)c3ccc(-c4ccccc4)cc3C2(CC=C)Cc2ccccc2)=[N+](CCC(C)C)c2c1ccc1ccccc21. The Morgan fingerprint density at radius 3 is 2.20 bits per heavy atom. The Balaban J connectivity index is 1.40. The zero-order valence-electron chi connectivity index (χ0n) is 30.8. The van der Waals surface area contributed by atoms with Gasteiger partial charge in [-0.25, -0.2) is 0 Å². The van der Waals surface area contributed by atoms with Crippen LogP contribution in [0.25, 0.3) is 21.9 Å². The number of rotatable bonds is 12. The molecule has 7 rings (SSSR count). The molecule has 0 fully saturated rings. The number of hydrogen-bond donors (Lipinski definition) is 0. The summed E-state index contributed by atoms with van der Waals surface area (Å²) in [7, 11) is 2.23. The second kappa shape index (κ2) is 14.2. The maximum Gasteiger partial charge on any atom is 0.217 e. The number of hydrogen-bond acceptors (Lipinski definition) is 1. The summed E-state index contributed by atoms with van der Waals surface area (Å²) in [5.41, 5.74) is 11.3. The Morgan fingerprint density at radius 1 is 0.765 bits per heavy atom. The summed E-state index contributed by atoms with van der Waals surface area (Å²) >= 11 is 0. The molecule has 2 heteroatoms. The standard InChI is InChI=1S/C49H51N2/c1-7-31-48(5)42-28-26-39-22-15-16-23-41(39)47(42)51(33-30-36(3)4)45(48)24-17-25-46-49(32-8-2,35-37-18-11-9-12-19-37)43-34-40(27-29-44(43)50(46)6)38-20-13-10-14-21-38/h7-29,34,36H,1-2,30-33,35H2,3-6H3/q+1. The minimum Gasteiger partial charge on any atom is -0.347 e. The highest BCUT2D eigenvalue weighted by Crippen LogP contribution is 2.53. The number of benzene rings is 5. The van der Waals surface area contributed by atoms with Crippen molar-refractivity contribution in [2.75, 3.05) is 18.5 Å². The van der Waals surface area contributed by atoms with Crippen molar-refractivity contribution in [3.05, 3.63) is 181 Å². The van der Waals surface area contributed by atoms with E-state index in [0.29, 0.717) is 5.92 Å². The molecule has 2 aliphatic heterocycles. The Morgan fingerprint density at radius 2 is 1.47 bits per heavy atom. The lowest BCUT2D eigenvalue weighted by Crippen LogP contribution is -2.32. The highest BCUT2D eigenvalue weighted by atomic mass is 15.2. The van der Waals surface area contributed by atoms with Crippen molar-refractivity contribution in [3.63, 3.8) is 0 Å². The van der Waals surface area contributed by atoms with Gasteiger partial charge in [-0.1, -0.05) is 129 Å². The van der Waals surface area contributed by atoms with Gasteiger partial charge >= 0.3 is 0 Å². The third-order valence-electron chi connectivity index (χ3n) is 11.3. The number of allylic oxidation sites excluding steroid dienone is 6. The zero-order valence-corrected chi connectivity index (χ0v) is 30.8. The van der Waals surface area contributed by atoms with Gasteiger partial charge in [-0.05, 0) is 84.0 Å². The fourth-order valence-electron chi connectivity index (χ4n) is 8.72. The van der Waals surface area contributed by atoms with Gasteiger partial charge in [0.2, 0.25) is 5.69 Å². The summed E-state index contributed by atoms with van der Waals surface area (Å²) in [4.78, 5) is 2.42. The minimum atomic E-state index is -0.274. The summed E-state index contributed by atoms with van der Waals surface area (Å²) < 4.78 is 2.62. The van der Waals surface area contributed by atoms with Crippen LogP contribution in [0, 0.1) is 5.92 Å². The van der Waals surface area contributed by atoms with Crippen molar-refractivity contribution < 1.29 is 4.58 Å². The lowest BCUT2D eigenvalue weighted by atomic mass is 9.71. The Hall–Kier alpha value is -5.21. The van der Waals surface area contributed by atoms with E-state index in [1.54, 1.807) is 0 Å². The summed E-state index contributed by atoms with van der Waals surface area (Å²) in [6.45, 7) is 16.6. The van der Waals surface area contributed by atoms with Crippen LogP contribution in [0.15, 0.2) is 164 Å². The molecule has 0 saturated carbocycles. The molecule has 51 heavy (non-hydrogen) atoms. The van der Waals surface area contributed by atoms with Crippen molar-refractivity contribution in [1.82, 2.24) is 0 Å². The molecule has 0 spiro atoms. The monoisotopic (exact) mass is 667 g/mol. The van der Waals surface area contributed by atoms with Crippen LogP contribution in [0.1, 0.15) is 56.7 Å². The molecule has 0 bridgehead atoms. The van der Waals surface area contributed by atoms with Gasteiger partial charge in [0, 0.05) is 41.9 Å². The normalized spacial score (nSPS) is 20.5. The van der Waals surface area contributed by atoms with E-state index in [1.807, 2.05) is 0 Å². The second-order valence-corrected chi connectivity index (χ2v) is 15.0. The smallest absolute Gasteiger partial charge is 0.217 e. The predicted molar refractivity (Wildman–Crippen MR) is 220 cm³/mol. The third-order valence-corrected chi connectivity index (χ3v) is 11.3. The second-order valence-electron chi connectivity index (χ2n) is 15.0. The Bertz CT molecular complexity index is 2170. The van der Waals surface area contributed by atoms with Crippen molar-refractivity contribution in [3.8, 4) is 11.1 Å². The molecular weight excluding hydrogens is 617 g/mol. The summed E-state index contributed by atoms with van der Waals surface area (Å²) in [5, 5.41) is 2.61. The van der Waals surface area contributed by atoms with Crippen LogP contribution >= 0.6 is 0 Å². The van der Waals surface area contributed by atoms with Crippen LogP contribution in [0.2, 0.25) is 0 Å². The molecule has 0 amide bonds. The fraction of sp³-hybridized carbons (Fsp3) is 0.245. The molecule has 2 heterocycles. The lowest BCUT2D eigenvalue weighted by Gasteiger charge is -2.32. The predicted octanol–water partition coefficient (Wildman–Crippen LogP) is 12.1. The van der Waals surface area contributed by atoms with Gasteiger partial charge in [0.25, 0.3) is 0 Å². The minimum absolute atomic E-state index is 0.190. The van der Waals surface area contributed by atoms with Crippen LogP contribution in [0.4, 0.5) is 11.4 Å². The van der Waals surface area contributed by atoms with E-state index in [0.717, 1.165) is 32.2 Å². The number of anilines is 1. The molecule has 2 aliphatic rings. The third kappa shape index (κ3) is 6.12. The molecule has 2 atom stereocenters. The summed E-state index contributed by atoms with van der Waals surface area (Å²) in [6, 6.07) is 42.2. The van der Waals surface area contributed by atoms with Crippen molar-refractivity contribution >= 4 is 27.9 Å². The van der Waals surface area contributed by atoms with Gasteiger partial charge in [0.05, 0.1) is 10.8 Å². The van der Waals surface area contributed by atoms with Gasteiger partial charge in [0.1, 0.15) is 6.54 Å². The first-order valence-electron chi connectivity index (χ1n) is 18.6. The first-order chi connectivity index (χ1) is 24.8. The van der Waals surface area contributed by atoms with Gasteiger partial charge in [-0.15, -0.1) is 13.2 Å². The first kappa shape index (κ1) is 34.2. The molecule has 2 unspecified atom stereocenters. The largest absolute Gasteiger partial charge is 0.347 e. The van der Waals surface area contributed by atoms with E-state index < -0.39 is 0 Å². The maximum absolute atomic E-state index is 4.32. The van der Waals surface area contributed by atoms with Crippen LogP contribution in [0.3, 0.4) is 0 Å². The maximum atomic E-state index is 4.32. The molecular formula is C49H51N2+. The lowest BCUT2D eigenvalue weighted by molar-refractivity contribution is -0.437. The molecule has 0 aromatic heterocycles. The molecule has 256 valence electrons. The summed E-state index contributed by atoms with van der Waals surface area (Å²) in [5.74, 6) is 0.603. The van der Waals surface area contributed by atoms with Gasteiger partial charge in [0.15, 0.2) is 5.71 Å². The van der Waals surface area contributed by atoms with Crippen LogP contribution in [0.5, 0.6) is 0 Å². The average molecular weight is 668 g/mol. The molecule has 5 aromatic rings. The number of likely N-dealkylation sites (N-methyl/N-ethyl adjacent to an activating group) is 1. The zero-order chi connectivity index (χ0) is 35.6.